The molecule has 1 N–H and O–H groups in total. The lowest BCUT2D eigenvalue weighted by Gasteiger charge is -2.07. The number of hydrogen-bond acceptors (Lipinski definition) is 2. The van der Waals surface area contributed by atoms with Gasteiger partial charge in [-0.3, -0.25) is 4.79 Å². The van der Waals surface area contributed by atoms with E-state index in [1.54, 1.807) is 17.7 Å². The van der Waals surface area contributed by atoms with E-state index in [1.165, 1.54) is 0 Å². The molecule has 0 saturated heterocycles. The number of amides is 1. The Morgan fingerprint density at radius 1 is 1.30 bits per heavy atom. The van der Waals surface area contributed by atoms with Gasteiger partial charge < -0.3 is 14.5 Å². The number of hydrogen-bond donors (Lipinski definition) is 1. The molecular weight excluding hydrogens is 335 g/mol. The van der Waals surface area contributed by atoms with Gasteiger partial charge >= 0.3 is 0 Å². The maximum absolute atomic E-state index is 12.1. The van der Waals surface area contributed by atoms with Gasteiger partial charge in [-0.25, -0.2) is 4.98 Å². The quantitative estimate of drug-likeness (QED) is 0.716. The normalized spacial score (nSPS) is 11.1. The zero-order chi connectivity index (χ0) is 16.4. The molecule has 2 aromatic heterocycles. The number of fused-ring (bicyclic) bond motifs is 1. The van der Waals surface area contributed by atoms with E-state index in [1.807, 2.05) is 30.6 Å². The molecule has 23 heavy (non-hydrogen) atoms. The van der Waals surface area contributed by atoms with Crippen LogP contribution in [0.15, 0.2) is 36.7 Å². The molecule has 3 aromatic rings. The largest absolute Gasteiger partial charge is 0.351 e. The molecule has 7 heteroatoms. The van der Waals surface area contributed by atoms with Crippen LogP contribution in [0.1, 0.15) is 16.9 Å². The number of nitrogens with one attached hydrogen (secondary N) is 1. The number of halogens is 2. The predicted molar refractivity (Wildman–Crippen MR) is 92.1 cm³/mol. The molecule has 3 rings (SSSR count). The summed E-state index contributed by atoms with van der Waals surface area (Å²) in [5, 5.41) is 3.62. The first-order valence-electron chi connectivity index (χ1n) is 7.26. The summed E-state index contributed by atoms with van der Waals surface area (Å²) in [6.07, 6.45) is 2.63. The minimum atomic E-state index is -0.184. The van der Waals surface area contributed by atoms with E-state index in [0.717, 1.165) is 24.0 Å². The van der Waals surface area contributed by atoms with Crippen molar-refractivity contribution in [2.24, 2.45) is 7.05 Å². The molecule has 0 bridgehead atoms. The molecule has 0 aliphatic carbocycles. The van der Waals surface area contributed by atoms with E-state index >= 15 is 0 Å². The molecular formula is C16H16Cl2N4O. The number of para-hydroxylation sites is 2. The van der Waals surface area contributed by atoms with Crippen molar-refractivity contribution in [3.8, 4) is 0 Å². The summed E-state index contributed by atoms with van der Waals surface area (Å²) >= 11 is 11.9. The van der Waals surface area contributed by atoms with Gasteiger partial charge in [0.25, 0.3) is 5.91 Å². The Labute approximate surface area is 143 Å². The van der Waals surface area contributed by atoms with Crippen LogP contribution in [0.5, 0.6) is 0 Å². The van der Waals surface area contributed by atoms with Crippen molar-refractivity contribution < 1.29 is 4.79 Å². The first kappa shape index (κ1) is 15.9. The topological polar surface area (TPSA) is 51.9 Å². The van der Waals surface area contributed by atoms with Crippen LogP contribution in [0.4, 0.5) is 0 Å². The highest BCUT2D eigenvalue weighted by Crippen LogP contribution is 2.24. The summed E-state index contributed by atoms with van der Waals surface area (Å²) in [5.41, 5.74) is 2.53. The third-order valence-electron chi connectivity index (χ3n) is 3.74. The molecule has 120 valence electrons. The van der Waals surface area contributed by atoms with Crippen molar-refractivity contribution in [2.45, 2.75) is 13.0 Å². The van der Waals surface area contributed by atoms with Crippen molar-refractivity contribution in [1.82, 2.24) is 19.4 Å². The summed E-state index contributed by atoms with van der Waals surface area (Å²) < 4.78 is 3.65. The summed E-state index contributed by atoms with van der Waals surface area (Å²) in [7, 11) is 1.71. The number of rotatable bonds is 5. The molecule has 0 radical (unpaired) electrons. The fraction of sp³-hybridized carbons (Fsp3) is 0.250. The number of nitrogens with zero attached hydrogens (tertiary/aromatic N) is 3. The van der Waals surface area contributed by atoms with Gasteiger partial charge in [0.1, 0.15) is 10.8 Å². The third-order valence-corrected chi connectivity index (χ3v) is 4.58. The lowest BCUT2D eigenvalue weighted by atomic mass is 10.3. The van der Waals surface area contributed by atoms with E-state index < -0.39 is 0 Å². The van der Waals surface area contributed by atoms with Crippen molar-refractivity contribution in [2.75, 3.05) is 6.54 Å². The fourth-order valence-corrected chi connectivity index (χ4v) is 2.87. The monoisotopic (exact) mass is 350 g/mol. The SMILES string of the molecule is Cn1c(C(=O)NCCCn2cnc3ccccc32)cc(Cl)c1Cl. The summed E-state index contributed by atoms with van der Waals surface area (Å²) in [5.74, 6) is -0.184. The average Bonchev–Trinajstić information content (AvgIpc) is 3.08. The van der Waals surface area contributed by atoms with Crippen molar-refractivity contribution in [1.29, 1.82) is 0 Å². The maximum Gasteiger partial charge on any atom is 0.267 e. The Balaban J connectivity index is 1.55. The van der Waals surface area contributed by atoms with Gasteiger partial charge in [0.05, 0.1) is 22.4 Å². The highest BCUT2D eigenvalue weighted by atomic mass is 35.5. The molecule has 0 aliphatic rings. The second-order valence-electron chi connectivity index (χ2n) is 5.26. The van der Waals surface area contributed by atoms with Crippen LogP contribution in [0.2, 0.25) is 10.2 Å². The minimum absolute atomic E-state index is 0.184. The van der Waals surface area contributed by atoms with Crippen LogP contribution in [-0.4, -0.2) is 26.6 Å². The van der Waals surface area contributed by atoms with E-state index in [-0.39, 0.29) is 5.91 Å². The van der Waals surface area contributed by atoms with Gasteiger partial charge in [-0.1, -0.05) is 35.3 Å². The molecule has 5 nitrogen and oxygen atoms in total. The minimum Gasteiger partial charge on any atom is -0.351 e. The lowest BCUT2D eigenvalue weighted by molar-refractivity contribution is 0.0944. The average molecular weight is 351 g/mol. The molecule has 0 unspecified atom stereocenters. The summed E-state index contributed by atoms with van der Waals surface area (Å²) in [6, 6.07) is 9.55. The smallest absolute Gasteiger partial charge is 0.267 e. The van der Waals surface area contributed by atoms with Crippen LogP contribution in [0.3, 0.4) is 0 Å². The number of aryl methyl sites for hydroxylation is 1. The van der Waals surface area contributed by atoms with Crippen molar-refractivity contribution >= 4 is 40.1 Å². The van der Waals surface area contributed by atoms with Crippen LogP contribution >= 0.6 is 23.2 Å². The Morgan fingerprint density at radius 3 is 2.83 bits per heavy atom. The van der Waals surface area contributed by atoms with Gasteiger partial charge in [-0.2, -0.15) is 0 Å². The van der Waals surface area contributed by atoms with Crippen LogP contribution in [0.25, 0.3) is 11.0 Å². The number of carbonyl (C=O) groups excluding carboxylic acids is 1. The van der Waals surface area contributed by atoms with E-state index in [9.17, 15) is 4.79 Å². The van der Waals surface area contributed by atoms with Gasteiger partial charge in [0.15, 0.2) is 0 Å². The molecule has 1 aromatic carbocycles. The molecule has 0 aliphatic heterocycles. The zero-order valence-electron chi connectivity index (χ0n) is 12.6. The first-order chi connectivity index (χ1) is 11.1. The lowest BCUT2D eigenvalue weighted by Crippen LogP contribution is -2.27. The van der Waals surface area contributed by atoms with Crippen molar-refractivity contribution in [3.63, 3.8) is 0 Å². The molecule has 0 saturated carbocycles. The second-order valence-corrected chi connectivity index (χ2v) is 6.03. The highest BCUT2D eigenvalue weighted by molar-refractivity contribution is 6.41. The molecule has 2 heterocycles. The van der Waals surface area contributed by atoms with Gasteiger partial charge in [0, 0.05) is 20.1 Å². The van der Waals surface area contributed by atoms with E-state index in [4.69, 9.17) is 23.2 Å². The number of aromatic nitrogens is 3. The Bertz CT molecular complexity index is 853. The van der Waals surface area contributed by atoms with E-state index in [2.05, 4.69) is 14.9 Å². The predicted octanol–water partition coefficient (Wildman–Crippen LogP) is 3.50. The molecule has 0 fully saturated rings. The van der Waals surface area contributed by atoms with Crippen molar-refractivity contribution in [3.05, 3.63) is 52.5 Å². The molecule has 0 spiro atoms. The van der Waals surface area contributed by atoms with Gasteiger partial charge in [0.2, 0.25) is 0 Å². The van der Waals surface area contributed by atoms with E-state index in [0.29, 0.717) is 22.4 Å². The van der Waals surface area contributed by atoms with Gasteiger partial charge in [-0.15, -0.1) is 0 Å². The Kier molecular flexibility index (Phi) is 4.59. The molecule has 1 amide bonds. The highest BCUT2D eigenvalue weighted by Gasteiger charge is 2.15. The Hall–Kier alpha value is -1.98. The first-order valence-corrected chi connectivity index (χ1v) is 8.02. The maximum atomic E-state index is 12.1. The zero-order valence-corrected chi connectivity index (χ0v) is 14.1. The van der Waals surface area contributed by atoms with Crippen LogP contribution in [-0.2, 0) is 13.6 Å². The number of imidazole rings is 1. The Morgan fingerprint density at radius 2 is 2.09 bits per heavy atom. The van der Waals surface area contributed by atoms with Crippen LogP contribution < -0.4 is 5.32 Å². The summed E-state index contributed by atoms with van der Waals surface area (Å²) in [4.78, 5) is 16.5. The summed E-state index contributed by atoms with van der Waals surface area (Å²) in [6.45, 7) is 1.35. The standard InChI is InChI=1S/C16H16Cl2N4O/c1-21-14(9-11(17)15(21)18)16(23)19-7-4-8-22-10-20-12-5-2-3-6-13(12)22/h2-3,5-6,9-10H,4,7-8H2,1H3,(H,19,23). The molecule has 0 atom stereocenters. The fourth-order valence-electron chi connectivity index (χ4n) is 2.49. The number of carbonyl (C=O) groups is 1. The van der Waals surface area contributed by atoms with Crippen LogP contribution in [0, 0.1) is 0 Å². The second kappa shape index (κ2) is 6.64. The number of benzene rings is 1. The third kappa shape index (κ3) is 3.21. The van der Waals surface area contributed by atoms with Gasteiger partial charge in [-0.05, 0) is 24.6 Å².